The van der Waals surface area contributed by atoms with Crippen molar-refractivity contribution < 1.29 is 9.13 Å². The molecule has 2 aromatic rings. The van der Waals surface area contributed by atoms with Crippen molar-refractivity contribution in [3.63, 3.8) is 0 Å². The topological polar surface area (TPSA) is 68.7 Å². The van der Waals surface area contributed by atoms with E-state index in [9.17, 15) is 4.39 Å². The molecular weight excluding hydrogens is 321 g/mol. The molecule has 1 aliphatic rings. The highest BCUT2D eigenvalue weighted by Crippen LogP contribution is 2.24. The summed E-state index contributed by atoms with van der Waals surface area (Å²) in [4.78, 5) is 6.62. The molecule has 1 aliphatic heterocycles. The lowest BCUT2D eigenvalue weighted by atomic mass is 10.0. The standard InChI is InChI=1S/C18H22FN5O/c1-3-25-17-5-4-14(8-16(17)19)18-13(2)10-23(12-21-18)15-9-22-24(11-15)7-6-20/h4-5,8-11H,3,6-7,12,20H2,1-2H3. The van der Waals surface area contributed by atoms with Crippen molar-refractivity contribution in [1.82, 2.24) is 9.78 Å². The molecule has 0 amide bonds. The van der Waals surface area contributed by atoms with Gasteiger partial charge in [0.15, 0.2) is 11.6 Å². The lowest BCUT2D eigenvalue weighted by Gasteiger charge is -2.23. The number of hydrogen-bond donors (Lipinski definition) is 1. The van der Waals surface area contributed by atoms with E-state index in [1.807, 2.05) is 37.2 Å². The molecular formula is C18H22FN5O. The fourth-order valence-electron chi connectivity index (χ4n) is 2.76. The predicted octanol–water partition coefficient (Wildman–Crippen LogP) is 2.55. The lowest BCUT2D eigenvalue weighted by molar-refractivity contribution is 0.321. The minimum absolute atomic E-state index is 0.262. The van der Waals surface area contributed by atoms with Gasteiger partial charge in [0.05, 0.1) is 30.7 Å². The first-order chi connectivity index (χ1) is 12.1. The number of aliphatic imine (C=N–C) groups is 1. The predicted molar refractivity (Wildman–Crippen MR) is 96.5 cm³/mol. The summed E-state index contributed by atoms with van der Waals surface area (Å²) in [6.07, 6.45) is 5.73. The van der Waals surface area contributed by atoms with E-state index in [0.29, 0.717) is 26.4 Å². The van der Waals surface area contributed by atoms with Crippen molar-refractivity contribution in [2.45, 2.75) is 20.4 Å². The monoisotopic (exact) mass is 343 g/mol. The number of aromatic nitrogens is 2. The summed E-state index contributed by atoms with van der Waals surface area (Å²) in [6.45, 7) is 5.90. The normalized spacial score (nSPS) is 14.3. The molecule has 0 unspecified atom stereocenters. The van der Waals surface area contributed by atoms with Crippen LogP contribution in [0.3, 0.4) is 0 Å². The van der Waals surface area contributed by atoms with Gasteiger partial charge in [0.2, 0.25) is 0 Å². The molecule has 1 aromatic carbocycles. The number of nitrogens with zero attached hydrogens (tertiary/aromatic N) is 4. The van der Waals surface area contributed by atoms with Crippen LogP contribution in [-0.2, 0) is 6.54 Å². The number of allylic oxidation sites excluding steroid dienone is 1. The largest absolute Gasteiger partial charge is 0.491 e. The molecule has 3 rings (SSSR count). The van der Waals surface area contributed by atoms with Gasteiger partial charge in [-0.1, -0.05) is 0 Å². The number of anilines is 1. The molecule has 0 spiro atoms. The fraction of sp³-hybridized carbons (Fsp3) is 0.333. The molecule has 132 valence electrons. The summed E-state index contributed by atoms with van der Waals surface area (Å²) in [6, 6.07) is 4.95. The van der Waals surface area contributed by atoms with E-state index >= 15 is 0 Å². The zero-order chi connectivity index (χ0) is 17.8. The number of ether oxygens (including phenoxy) is 1. The van der Waals surface area contributed by atoms with Crippen molar-refractivity contribution >= 4 is 11.4 Å². The zero-order valence-corrected chi connectivity index (χ0v) is 14.4. The maximum atomic E-state index is 14.1. The second-order valence-corrected chi connectivity index (χ2v) is 5.76. The summed E-state index contributed by atoms with van der Waals surface area (Å²) in [7, 11) is 0. The second kappa shape index (κ2) is 7.48. The van der Waals surface area contributed by atoms with Crippen LogP contribution in [0.25, 0.3) is 0 Å². The van der Waals surface area contributed by atoms with Gasteiger partial charge in [-0.2, -0.15) is 5.10 Å². The zero-order valence-electron chi connectivity index (χ0n) is 14.4. The van der Waals surface area contributed by atoms with E-state index in [2.05, 4.69) is 10.1 Å². The van der Waals surface area contributed by atoms with Gasteiger partial charge in [-0.25, -0.2) is 4.39 Å². The molecule has 0 bridgehead atoms. The SMILES string of the molecule is CCOc1ccc(C2=NCN(c3cnn(CCN)c3)C=C2C)cc1F. The van der Waals surface area contributed by atoms with Gasteiger partial charge >= 0.3 is 0 Å². The Bertz CT molecular complexity index is 812. The van der Waals surface area contributed by atoms with Gasteiger partial charge in [-0.05, 0) is 37.6 Å². The van der Waals surface area contributed by atoms with Crippen molar-refractivity contribution in [3.8, 4) is 5.75 Å². The van der Waals surface area contributed by atoms with Crippen LogP contribution in [0.4, 0.5) is 10.1 Å². The van der Waals surface area contributed by atoms with Gasteiger partial charge < -0.3 is 15.4 Å². The molecule has 2 heterocycles. The summed E-state index contributed by atoms with van der Waals surface area (Å²) in [5.41, 5.74) is 8.99. The average Bonchev–Trinajstić information content (AvgIpc) is 3.06. The number of halogens is 1. The molecule has 6 nitrogen and oxygen atoms in total. The third kappa shape index (κ3) is 3.71. The first-order valence-electron chi connectivity index (χ1n) is 8.27. The minimum Gasteiger partial charge on any atom is -0.491 e. The van der Waals surface area contributed by atoms with Crippen LogP contribution in [0.15, 0.2) is 47.4 Å². The van der Waals surface area contributed by atoms with Crippen molar-refractivity contribution in [2.75, 3.05) is 24.7 Å². The Kier molecular flexibility index (Phi) is 5.14. The minimum atomic E-state index is -0.375. The van der Waals surface area contributed by atoms with Crippen LogP contribution >= 0.6 is 0 Å². The van der Waals surface area contributed by atoms with E-state index in [1.165, 1.54) is 6.07 Å². The first-order valence-corrected chi connectivity index (χ1v) is 8.27. The average molecular weight is 343 g/mol. The van der Waals surface area contributed by atoms with Crippen LogP contribution in [-0.4, -0.2) is 35.3 Å². The Morgan fingerprint density at radius 3 is 2.88 bits per heavy atom. The van der Waals surface area contributed by atoms with Crippen molar-refractivity contribution in [1.29, 1.82) is 0 Å². The summed E-state index contributed by atoms with van der Waals surface area (Å²) >= 11 is 0. The van der Waals surface area contributed by atoms with Crippen LogP contribution in [0.5, 0.6) is 5.75 Å². The first kappa shape index (κ1) is 17.2. The number of hydrogen-bond acceptors (Lipinski definition) is 5. The second-order valence-electron chi connectivity index (χ2n) is 5.76. The van der Waals surface area contributed by atoms with E-state index < -0.39 is 0 Å². The molecule has 2 N–H and O–H groups in total. The van der Waals surface area contributed by atoms with E-state index in [1.54, 1.807) is 16.9 Å². The van der Waals surface area contributed by atoms with E-state index in [-0.39, 0.29) is 11.6 Å². The molecule has 1 aromatic heterocycles. The third-order valence-electron chi connectivity index (χ3n) is 3.92. The molecule has 7 heteroatoms. The van der Waals surface area contributed by atoms with Crippen LogP contribution in [0.1, 0.15) is 19.4 Å². The number of nitrogens with two attached hydrogens (primary N) is 1. The van der Waals surface area contributed by atoms with Gasteiger partial charge in [-0.15, -0.1) is 0 Å². The summed E-state index contributed by atoms with van der Waals surface area (Å²) < 4.78 is 21.2. The maximum absolute atomic E-state index is 14.1. The van der Waals surface area contributed by atoms with Crippen LogP contribution < -0.4 is 15.4 Å². The van der Waals surface area contributed by atoms with E-state index in [4.69, 9.17) is 10.5 Å². The number of rotatable bonds is 6. The maximum Gasteiger partial charge on any atom is 0.165 e. The Hall–Kier alpha value is -2.67. The van der Waals surface area contributed by atoms with E-state index in [0.717, 1.165) is 22.5 Å². The highest BCUT2D eigenvalue weighted by molar-refractivity contribution is 6.13. The van der Waals surface area contributed by atoms with Crippen LogP contribution in [0, 0.1) is 5.82 Å². The van der Waals surface area contributed by atoms with Gasteiger partial charge in [0, 0.05) is 24.5 Å². The Balaban J connectivity index is 1.78. The van der Waals surface area contributed by atoms with Crippen molar-refractivity contribution in [3.05, 3.63) is 53.7 Å². The highest BCUT2D eigenvalue weighted by Gasteiger charge is 2.17. The summed E-state index contributed by atoms with van der Waals surface area (Å²) in [5, 5.41) is 4.28. The molecule has 0 saturated heterocycles. The van der Waals surface area contributed by atoms with Gasteiger partial charge in [-0.3, -0.25) is 9.67 Å². The highest BCUT2D eigenvalue weighted by atomic mass is 19.1. The smallest absolute Gasteiger partial charge is 0.165 e. The van der Waals surface area contributed by atoms with Gasteiger partial charge in [0.1, 0.15) is 6.67 Å². The molecule has 0 saturated carbocycles. The Morgan fingerprint density at radius 2 is 2.20 bits per heavy atom. The molecule has 0 atom stereocenters. The quantitative estimate of drug-likeness (QED) is 0.875. The number of benzene rings is 1. The summed E-state index contributed by atoms with van der Waals surface area (Å²) in [5.74, 6) is -0.112. The molecule has 0 fully saturated rings. The van der Waals surface area contributed by atoms with Crippen molar-refractivity contribution in [2.24, 2.45) is 10.7 Å². The Morgan fingerprint density at radius 1 is 1.36 bits per heavy atom. The third-order valence-corrected chi connectivity index (χ3v) is 3.92. The lowest BCUT2D eigenvalue weighted by Crippen LogP contribution is -2.24. The fourth-order valence-corrected chi connectivity index (χ4v) is 2.76. The van der Waals surface area contributed by atoms with Gasteiger partial charge in [0.25, 0.3) is 0 Å². The Labute approximate surface area is 146 Å². The van der Waals surface area contributed by atoms with Crippen LogP contribution in [0.2, 0.25) is 0 Å². The molecule has 25 heavy (non-hydrogen) atoms. The molecule has 0 radical (unpaired) electrons. The molecule has 0 aliphatic carbocycles.